The second-order valence-corrected chi connectivity index (χ2v) is 6.14. The molecule has 0 aliphatic carbocycles. The Bertz CT molecular complexity index is 204. The molecule has 2 saturated heterocycles. The molecule has 0 bridgehead atoms. The van der Waals surface area contributed by atoms with Crippen molar-refractivity contribution in [3.05, 3.63) is 0 Å². The van der Waals surface area contributed by atoms with E-state index in [1.807, 2.05) is 11.8 Å². The molecule has 0 aromatic heterocycles. The lowest BCUT2D eigenvalue weighted by Gasteiger charge is -2.40. The Balaban J connectivity index is 1.91. The smallest absolute Gasteiger partial charge is 0.0783 e. The molecule has 0 aromatic carbocycles. The van der Waals surface area contributed by atoms with Crippen molar-refractivity contribution in [1.82, 2.24) is 0 Å². The van der Waals surface area contributed by atoms with Crippen molar-refractivity contribution in [2.75, 3.05) is 18.1 Å². The summed E-state index contributed by atoms with van der Waals surface area (Å²) < 4.78 is 6.01. The Kier molecular flexibility index (Phi) is 3.97. The molecule has 88 valence electrons. The van der Waals surface area contributed by atoms with Crippen molar-refractivity contribution in [2.24, 2.45) is 11.7 Å². The monoisotopic (exact) mass is 229 g/mol. The summed E-state index contributed by atoms with van der Waals surface area (Å²) in [7, 11) is 0. The van der Waals surface area contributed by atoms with Gasteiger partial charge in [0.1, 0.15) is 0 Å². The quantitative estimate of drug-likeness (QED) is 0.807. The first-order valence-electron chi connectivity index (χ1n) is 6.23. The Morgan fingerprint density at radius 3 is 3.13 bits per heavy atom. The van der Waals surface area contributed by atoms with Crippen molar-refractivity contribution in [3.8, 4) is 0 Å². The highest BCUT2D eigenvalue weighted by Gasteiger charge is 2.41. The molecule has 3 heteroatoms. The van der Waals surface area contributed by atoms with E-state index >= 15 is 0 Å². The zero-order valence-corrected chi connectivity index (χ0v) is 10.5. The van der Waals surface area contributed by atoms with Crippen LogP contribution in [-0.4, -0.2) is 29.8 Å². The zero-order chi connectivity index (χ0) is 10.7. The highest BCUT2D eigenvalue weighted by molar-refractivity contribution is 7.99. The van der Waals surface area contributed by atoms with Gasteiger partial charge in [-0.2, -0.15) is 11.8 Å². The van der Waals surface area contributed by atoms with Crippen molar-refractivity contribution in [1.29, 1.82) is 0 Å². The van der Waals surface area contributed by atoms with E-state index in [0.717, 1.165) is 6.61 Å². The van der Waals surface area contributed by atoms with E-state index in [2.05, 4.69) is 6.92 Å². The minimum atomic E-state index is 0.207. The van der Waals surface area contributed by atoms with Gasteiger partial charge in [-0.25, -0.2) is 0 Å². The minimum Gasteiger partial charge on any atom is -0.374 e. The average molecular weight is 229 g/mol. The van der Waals surface area contributed by atoms with Gasteiger partial charge in [0.05, 0.1) is 5.60 Å². The Hall–Kier alpha value is 0.270. The predicted octanol–water partition coefficient (Wildman–Crippen LogP) is 2.42. The maximum Gasteiger partial charge on any atom is 0.0783 e. The standard InChI is InChI=1S/C12H23NOS/c1-2-3-11(13)10-4-6-14-12(8-10)5-7-15-9-12/h10-11H,2-9,13H2,1H3. The van der Waals surface area contributed by atoms with Crippen molar-refractivity contribution >= 4 is 11.8 Å². The number of hydrogen-bond acceptors (Lipinski definition) is 3. The highest BCUT2D eigenvalue weighted by atomic mass is 32.2. The number of thioether (sulfide) groups is 1. The van der Waals surface area contributed by atoms with Crippen molar-refractivity contribution in [2.45, 2.75) is 50.7 Å². The minimum absolute atomic E-state index is 0.207. The third-order valence-corrected chi connectivity index (χ3v) is 5.05. The molecule has 2 nitrogen and oxygen atoms in total. The van der Waals surface area contributed by atoms with Crippen LogP contribution in [0.5, 0.6) is 0 Å². The lowest BCUT2D eigenvalue weighted by molar-refractivity contribution is -0.0835. The molecule has 2 aliphatic rings. The first-order valence-corrected chi connectivity index (χ1v) is 7.38. The van der Waals surface area contributed by atoms with Crippen LogP contribution in [0.3, 0.4) is 0 Å². The summed E-state index contributed by atoms with van der Waals surface area (Å²) in [6.45, 7) is 3.16. The van der Waals surface area contributed by atoms with Gasteiger partial charge in [0, 0.05) is 18.4 Å². The largest absolute Gasteiger partial charge is 0.374 e. The van der Waals surface area contributed by atoms with Gasteiger partial charge in [0.2, 0.25) is 0 Å². The number of hydrogen-bond donors (Lipinski definition) is 1. The SMILES string of the molecule is CCCC(N)C1CCOC2(CCSC2)C1. The van der Waals surface area contributed by atoms with Crippen molar-refractivity contribution in [3.63, 3.8) is 0 Å². The van der Waals surface area contributed by atoms with Gasteiger partial charge in [0.15, 0.2) is 0 Å². The summed E-state index contributed by atoms with van der Waals surface area (Å²) in [6, 6.07) is 0.404. The highest BCUT2D eigenvalue weighted by Crippen LogP contribution is 2.41. The van der Waals surface area contributed by atoms with Gasteiger partial charge in [-0.1, -0.05) is 13.3 Å². The molecular formula is C12H23NOS. The molecule has 2 fully saturated rings. The Morgan fingerprint density at radius 2 is 2.47 bits per heavy atom. The normalized spacial score (nSPS) is 38.4. The summed E-state index contributed by atoms with van der Waals surface area (Å²) in [4.78, 5) is 0. The second kappa shape index (κ2) is 5.07. The van der Waals surface area contributed by atoms with E-state index in [1.54, 1.807) is 0 Å². The van der Waals surface area contributed by atoms with Crippen LogP contribution in [0.2, 0.25) is 0 Å². The van der Waals surface area contributed by atoms with Crippen LogP contribution in [0.15, 0.2) is 0 Å². The van der Waals surface area contributed by atoms with E-state index < -0.39 is 0 Å². The zero-order valence-electron chi connectivity index (χ0n) is 9.71. The first-order chi connectivity index (χ1) is 7.26. The molecule has 2 N–H and O–H groups in total. The van der Waals surface area contributed by atoms with Gasteiger partial charge in [-0.05, 0) is 37.4 Å². The molecule has 3 atom stereocenters. The lowest BCUT2D eigenvalue weighted by atomic mass is 9.80. The molecule has 3 unspecified atom stereocenters. The van der Waals surface area contributed by atoms with E-state index in [4.69, 9.17) is 10.5 Å². The summed E-state index contributed by atoms with van der Waals surface area (Å²) in [5.41, 5.74) is 6.45. The molecule has 2 aliphatic heterocycles. The van der Waals surface area contributed by atoms with Gasteiger partial charge in [0.25, 0.3) is 0 Å². The third kappa shape index (κ3) is 2.69. The summed E-state index contributed by atoms with van der Waals surface area (Å²) in [6.07, 6.45) is 6.01. The Morgan fingerprint density at radius 1 is 1.60 bits per heavy atom. The fourth-order valence-corrected chi connectivity index (χ4v) is 4.24. The molecular weight excluding hydrogens is 206 g/mol. The van der Waals surface area contributed by atoms with Gasteiger partial charge in [-0.15, -0.1) is 0 Å². The summed E-state index contributed by atoms with van der Waals surface area (Å²) in [5.74, 6) is 3.18. The number of rotatable bonds is 3. The second-order valence-electron chi connectivity index (χ2n) is 5.04. The van der Waals surface area contributed by atoms with Crippen LogP contribution in [0.25, 0.3) is 0 Å². The molecule has 2 rings (SSSR count). The van der Waals surface area contributed by atoms with Crippen LogP contribution in [0.1, 0.15) is 39.0 Å². The van der Waals surface area contributed by atoms with Gasteiger partial charge < -0.3 is 10.5 Å². The molecule has 0 aromatic rings. The van der Waals surface area contributed by atoms with Crippen LogP contribution < -0.4 is 5.73 Å². The fourth-order valence-electron chi connectivity index (χ4n) is 2.86. The van der Waals surface area contributed by atoms with Gasteiger partial charge >= 0.3 is 0 Å². The first kappa shape index (κ1) is 11.7. The van der Waals surface area contributed by atoms with E-state index in [1.165, 1.54) is 43.6 Å². The van der Waals surface area contributed by atoms with E-state index in [9.17, 15) is 0 Å². The fraction of sp³-hybridized carbons (Fsp3) is 1.00. The van der Waals surface area contributed by atoms with E-state index in [0.29, 0.717) is 12.0 Å². The van der Waals surface area contributed by atoms with Crippen LogP contribution in [0, 0.1) is 5.92 Å². The molecule has 2 heterocycles. The Labute approximate surface area is 97.3 Å². The lowest BCUT2D eigenvalue weighted by Crippen LogP contribution is -2.45. The molecule has 0 saturated carbocycles. The third-order valence-electron chi connectivity index (χ3n) is 3.83. The molecule has 1 spiro atoms. The van der Waals surface area contributed by atoms with Crippen LogP contribution in [0.4, 0.5) is 0 Å². The van der Waals surface area contributed by atoms with Crippen LogP contribution in [-0.2, 0) is 4.74 Å². The van der Waals surface area contributed by atoms with Crippen LogP contribution >= 0.6 is 11.8 Å². The summed E-state index contributed by atoms with van der Waals surface area (Å²) in [5, 5.41) is 0. The maximum absolute atomic E-state index is 6.25. The molecule has 15 heavy (non-hydrogen) atoms. The van der Waals surface area contributed by atoms with Gasteiger partial charge in [-0.3, -0.25) is 0 Å². The number of ether oxygens (including phenoxy) is 1. The summed E-state index contributed by atoms with van der Waals surface area (Å²) >= 11 is 2.04. The molecule has 0 amide bonds. The molecule has 0 radical (unpaired) electrons. The topological polar surface area (TPSA) is 35.2 Å². The average Bonchev–Trinajstić information content (AvgIpc) is 2.67. The van der Waals surface area contributed by atoms with Crippen molar-refractivity contribution < 1.29 is 4.74 Å². The maximum atomic E-state index is 6.25. The number of nitrogens with two attached hydrogens (primary N) is 1. The predicted molar refractivity (Wildman–Crippen MR) is 66.2 cm³/mol. The van der Waals surface area contributed by atoms with E-state index in [-0.39, 0.29) is 5.60 Å².